The van der Waals surface area contributed by atoms with Gasteiger partial charge in [-0.2, -0.15) is 13.2 Å². The van der Waals surface area contributed by atoms with Gasteiger partial charge in [0, 0.05) is 36.4 Å². The van der Waals surface area contributed by atoms with Crippen LogP contribution in [-0.2, 0) is 0 Å². The Hall–Kier alpha value is -2.38. The minimum atomic E-state index is -4.22. The first-order chi connectivity index (χ1) is 11.4. The van der Waals surface area contributed by atoms with Crippen molar-refractivity contribution in [3.8, 4) is 0 Å². The van der Waals surface area contributed by atoms with E-state index in [1.807, 2.05) is 0 Å². The first kappa shape index (κ1) is 16.5. The van der Waals surface area contributed by atoms with Gasteiger partial charge < -0.3 is 9.88 Å². The van der Waals surface area contributed by atoms with Crippen LogP contribution in [-0.4, -0.2) is 32.7 Å². The molecule has 8 heteroatoms. The molecule has 3 atom stereocenters. The number of hydrogen-bond acceptors (Lipinski definition) is 3. The maximum Gasteiger partial charge on any atom is 0.391 e. The Labute approximate surface area is 136 Å². The molecule has 24 heavy (non-hydrogen) atoms. The van der Waals surface area contributed by atoms with Crippen molar-refractivity contribution in [1.82, 2.24) is 19.9 Å². The highest BCUT2D eigenvalue weighted by Gasteiger charge is 2.45. The molecule has 0 spiro atoms. The van der Waals surface area contributed by atoms with Crippen LogP contribution in [0.1, 0.15) is 35.7 Å². The quantitative estimate of drug-likeness (QED) is 0.936. The van der Waals surface area contributed by atoms with E-state index in [2.05, 4.69) is 15.3 Å². The van der Waals surface area contributed by atoms with Crippen LogP contribution in [0.25, 0.3) is 0 Å². The van der Waals surface area contributed by atoms with Gasteiger partial charge in [0.15, 0.2) is 0 Å². The van der Waals surface area contributed by atoms with Gasteiger partial charge in [-0.15, -0.1) is 0 Å². The molecule has 0 bridgehead atoms. The highest BCUT2D eigenvalue weighted by molar-refractivity contribution is 5.94. The molecule has 1 N–H and O–H groups in total. The highest BCUT2D eigenvalue weighted by atomic mass is 19.4. The summed E-state index contributed by atoms with van der Waals surface area (Å²) in [6, 6.07) is 2.29. The zero-order chi connectivity index (χ0) is 17.2. The molecule has 128 valence electrons. The van der Waals surface area contributed by atoms with Crippen LogP contribution in [0.5, 0.6) is 0 Å². The van der Waals surface area contributed by atoms with Gasteiger partial charge >= 0.3 is 6.18 Å². The Morgan fingerprint density at radius 2 is 1.92 bits per heavy atom. The van der Waals surface area contributed by atoms with E-state index in [4.69, 9.17) is 0 Å². The number of amides is 1. The van der Waals surface area contributed by atoms with Crippen molar-refractivity contribution >= 4 is 5.91 Å². The number of halogens is 3. The molecule has 3 rings (SSSR count). The Morgan fingerprint density at radius 3 is 2.54 bits per heavy atom. The summed E-state index contributed by atoms with van der Waals surface area (Å²) in [5.74, 6) is -1.67. The van der Waals surface area contributed by atoms with E-state index in [9.17, 15) is 18.0 Å². The highest BCUT2D eigenvalue weighted by Crippen LogP contribution is 2.41. The molecule has 2 heterocycles. The number of carbonyl (C=O) groups excluding carboxylic acids is 1. The number of imidazole rings is 1. The second-order valence-electron chi connectivity index (χ2n) is 5.94. The van der Waals surface area contributed by atoms with E-state index in [0.29, 0.717) is 5.56 Å². The number of alkyl halides is 3. The van der Waals surface area contributed by atoms with Crippen molar-refractivity contribution in [2.75, 3.05) is 0 Å². The largest absolute Gasteiger partial charge is 0.391 e. The third-order valence-corrected chi connectivity index (χ3v) is 4.45. The van der Waals surface area contributed by atoms with Crippen LogP contribution >= 0.6 is 0 Å². The number of hydrogen-bond donors (Lipinski definition) is 1. The van der Waals surface area contributed by atoms with E-state index in [1.165, 1.54) is 24.9 Å². The predicted molar refractivity (Wildman–Crippen MR) is 80.2 cm³/mol. The minimum absolute atomic E-state index is 0.00991. The maximum atomic E-state index is 13.1. The predicted octanol–water partition coefficient (Wildman–Crippen LogP) is 2.98. The van der Waals surface area contributed by atoms with E-state index < -0.39 is 18.1 Å². The third-order valence-electron chi connectivity index (χ3n) is 4.45. The molecule has 0 aliphatic heterocycles. The topological polar surface area (TPSA) is 59.8 Å². The number of nitrogens with zero attached hydrogens (tertiary/aromatic N) is 3. The van der Waals surface area contributed by atoms with Gasteiger partial charge in [0.25, 0.3) is 5.91 Å². The number of rotatable bonds is 3. The zero-order valence-electron chi connectivity index (χ0n) is 12.8. The Kier molecular flexibility index (Phi) is 4.55. The van der Waals surface area contributed by atoms with Crippen molar-refractivity contribution in [3.63, 3.8) is 0 Å². The van der Waals surface area contributed by atoms with Crippen LogP contribution in [0.3, 0.4) is 0 Å². The first-order valence-electron chi connectivity index (χ1n) is 7.70. The molecule has 5 nitrogen and oxygen atoms in total. The second kappa shape index (κ2) is 6.62. The monoisotopic (exact) mass is 338 g/mol. The average Bonchev–Trinajstić information content (AvgIpc) is 3.09. The lowest BCUT2D eigenvalue weighted by Gasteiger charge is -2.37. The van der Waals surface area contributed by atoms with Crippen LogP contribution in [0, 0.1) is 5.92 Å². The van der Waals surface area contributed by atoms with Crippen molar-refractivity contribution in [3.05, 3.63) is 48.8 Å². The summed E-state index contributed by atoms with van der Waals surface area (Å²) in [5.41, 5.74) is 0.437. The molecule has 2 aromatic heterocycles. The van der Waals surface area contributed by atoms with Crippen molar-refractivity contribution < 1.29 is 18.0 Å². The molecule has 1 saturated carbocycles. The lowest BCUT2D eigenvalue weighted by atomic mass is 9.81. The molecule has 1 aliphatic carbocycles. The summed E-state index contributed by atoms with van der Waals surface area (Å²) in [6.45, 7) is 0. The number of aromatic nitrogens is 3. The molecule has 1 aliphatic rings. The molecule has 0 saturated heterocycles. The molecule has 2 aromatic rings. The SMILES string of the molecule is O=C(NC1CCC(C(F)(F)F)CC1n1ccnc1)c1ccncc1. The van der Waals surface area contributed by atoms with Gasteiger partial charge in [0.05, 0.1) is 18.3 Å². The summed E-state index contributed by atoms with van der Waals surface area (Å²) in [4.78, 5) is 20.1. The van der Waals surface area contributed by atoms with Crippen LogP contribution in [0.15, 0.2) is 43.2 Å². The number of nitrogens with one attached hydrogen (secondary N) is 1. The fraction of sp³-hybridized carbons (Fsp3) is 0.438. The van der Waals surface area contributed by atoms with Crippen molar-refractivity contribution in [2.24, 2.45) is 5.92 Å². The summed E-state index contributed by atoms with van der Waals surface area (Å²) >= 11 is 0. The van der Waals surface area contributed by atoms with Gasteiger partial charge in [0.1, 0.15) is 0 Å². The Balaban J connectivity index is 1.77. The Bertz CT molecular complexity index is 672. The standard InChI is InChI=1S/C16H17F3N4O/c17-16(18,19)12-1-2-13(14(9-12)23-8-7-21-10-23)22-15(24)11-3-5-20-6-4-11/h3-8,10,12-14H,1-2,9H2,(H,22,24). The normalized spacial score (nSPS) is 24.5. The zero-order valence-corrected chi connectivity index (χ0v) is 12.8. The van der Waals surface area contributed by atoms with Crippen molar-refractivity contribution in [2.45, 2.75) is 37.5 Å². The molecule has 0 radical (unpaired) electrons. The van der Waals surface area contributed by atoms with Gasteiger partial charge in [0.2, 0.25) is 0 Å². The molecule has 1 amide bonds. The van der Waals surface area contributed by atoms with Gasteiger partial charge in [-0.05, 0) is 31.4 Å². The number of carbonyl (C=O) groups is 1. The summed E-state index contributed by atoms with van der Waals surface area (Å²) in [7, 11) is 0. The smallest absolute Gasteiger partial charge is 0.347 e. The molecular formula is C16H17F3N4O. The van der Waals surface area contributed by atoms with E-state index in [-0.39, 0.29) is 31.2 Å². The van der Waals surface area contributed by atoms with E-state index in [1.54, 1.807) is 22.9 Å². The van der Waals surface area contributed by atoms with Gasteiger partial charge in [-0.25, -0.2) is 4.98 Å². The Morgan fingerprint density at radius 1 is 1.17 bits per heavy atom. The number of pyridine rings is 1. The second-order valence-corrected chi connectivity index (χ2v) is 5.94. The summed E-state index contributed by atoms with van der Waals surface area (Å²) in [5, 5.41) is 2.86. The van der Waals surface area contributed by atoms with Gasteiger partial charge in [-0.1, -0.05) is 0 Å². The van der Waals surface area contributed by atoms with E-state index in [0.717, 1.165) is 0 Å². The third kappa shape index (κ3) is 3.58. The van der Waals surface area contributed by atoms with Crippen LogP contribution < -0.4 is 5.32 Å². The van der Waals surface area contributed by atoms with Crippen LogP contribution in [0.2, 0.25) is 0 Å². The molecule has 1 fully saturated rings. The average molecular weight is 338 g/mol. The molecular weight excluding hydrogens is 321 g/mol. The summed E-state index contributed by atoms with van der Waals surface area (Å²) in [6.07, 6.45) is 3.65. The molecule has 0 aromatic carbocycles. The van der Waals surface area contributed by atoms with E-state index >= 15 is 0 Å². The van der Waals surface area contributed by atoms with Crippen molar-refractivity contribution in [1.29, 1.82) is 0 Å². The lowest BCUT2D eigenvalue weighted by molar-refractivity contribution is -0.186. The lowest BCUT2D eigenvalue weighted by Crippen LogP contribution is -2.46. The molecule has 3 unspecified atom stereocenters. The minimum Gasteiger partial charge on any atom is -0.347 e. The first-order valence-corrected chi connectivity index (χ1v) is 7.70. The summed E-state index contributed by atoms with van der Waals surface area (Å²) < 4.78 is 40.9. The van der Waals surface area contributed by atoms with Crippen LogP contribution in [0.4, 0.5) is 13.2 Å². The maximum absolute atomic E-state index is 13.1. The fourth-order valence-corrected chi connectivity index (χ4v) is 3.16. The van der Waals surface area contributed by atoms with Gasteiger partial charge in [-0.3, -0.25) is 9.78 Å². The fourth-order valence-electron chi connectivity index (χ4n) is 3.16.